The van der Waals surface area contributed by atoms with Crippen LogP contribution >= 0.6 is 0 Å². The molecule has 0 aromatic carbocycles. The van der Waals surface area contributed by atoms with Crippen LogP contribution < -0.4 is 5.32 Å². The van der Waals surface area contributed by atoms with Gasteiger partial charge in [0.1, 0.15) is 0 Å². The molecule has 4 aliphatic rings. The fraction of sp³-hybridized carbons (Fsp3) is 0.933. The average molecular weight is 253 g/mol. The van der Waals surface area contributed by atoms with Crippen LogP contribution in [-0.4, -0.2) is 37.5 Å². The van der Waals surface area contributed by atoms with E-state index in [-0.39, 0.29) is 7.33 Å². The summed E-state index contributed by atoms with van der Waals surface area (Å²) in [5.74, 6) is 2.68. The molecule has 2 unspecified atom stereocenters. The Bertz CT molecular complexity index is 342. The number of hydrogen-bond donors (Lipinski definition) is 1. The van der Waals surface area contributed by atoms with Crippen LogP contribution in [0.25, 0.3) is 0 Å². The maximum absolute atomic E-state index is 12.0. The molecule has 4 bridgehead atoms. The summed E-state index contributed by atoms with van der Waals surface area (Å²) in [5, 5.41) is 3.33. The van der Waals surface area contributed by atoms with Gasteiger partial charge in [-0.1, -0.05) is 6.92 Å². The Hall–Kier alpha value is -0.570. The fourth-order valence-electron chi connectivity index (χ4n) is 5.19. The topological polar surface area (TPSA) is 32.3 Å². The van der Waals surface area contributed by atoms with Gasteiger partial charge < -0.3 is 10.2 Å². The van der Waals surface area contributed by atoms with Crippen molar-refractivity contribution in [3.05, 3.63) is 0 Å². The Morgan fingerprint density at radius 3 is 2.39 bits per heavy atom. The maximum Gasteiger partial charge on any atom is 0.234 e. The van der Waals surface area contributed by atoms with Gasteiger partial charge in [-0.25, -0.2) is 0 Å². The van der Waals surface area contributed by atoms with Gasteiger partial charge in [-0.3, -0.25) is 4.79 Å². The Balaban J connectivity index is 0.00000133. The number of carbonyl (C=O) groups excluding carboxylic acids is 1. The molecule has 0 aromatic rings. The quantitative estimate of drug-likeness (QED) is 0.835. The summed E-state index contributed by atoms with van der Waals surface area (Å²) in [6, 6.07) is 0.474. The zero-order chi connectivity index (χ0) is 12.9. The molecule has 1 N–H and O–H groups in total. The first-order valence-electron chi connectivity index (χ1n) is 7.39. The molecule has 0 spiro atoms. The molecule has 18 heavy (non-hydrogen) atoms. The van der Waals surface area contributed by atoms with Gasteiger partial charge in [0, 0.05) is 7.47 Å². The molecule has 0 saturated heterocycles. The zero-order valence-corrected chi connectivity index (χ0v) is 11.9. The largest absolute Gasteiger partial charge is 0.352 e. The lowest BCUT2D eigenvalue weighted by atomic mass is 9.48. The molecular formula is C15H28N2O. The molecule has 104 valence electrons. The molecule has 0 aromatic heterocycles. The van der Waals surface area contributed by atoms with Crippen LogP contribution in [0, 0.1) is 23.2 Å². The van der Waals surface area contributed by atoms with Crippen molar-refractivity contribution in [3.63, 3.8) is 0 Å². The molecule has 0 aliphatic heterocycles. The molecule has 1 amide bonds. The summed E-state index contributed by atoms with van der Waals surface area (Å²) in [6.07, 6.45) is 6.84. The normalized spacial score (nSPS) is 45.6. The molecule has 3 heteroatoms. The number of amides is 1. The second-order valence-corrected chi connectivity index (χ2v) is 7.61. The summed E-state index contributed by atoms with van der Waals surface area (Å²) in [7, 11) is 3.91. The van der Waals surface area contributed by atoms with Crippen molar-refractivity contribution in [1.82, 2.24) is 10.2 Å². The highest BCUT2D eigenvalue weighted by atomic mass is 16.2. The van der Waals surface area contributed by atoms with Crippen LogP contribution in [0.2, 0.25) is 0 Å². The van der Waals surface area contributed by atoms with Crippen LogP contribution in [0.3, 0.4) is 0 Å². The monoisotopic (exact) mass is 253 g/mol. The van der Waals surface area contributed by atoms with E-state index in [1.54, 1.807) is 0 Å². The smallest absolute Gasteiger partial charge is 0.234 e. The lowest BCUT2D eigenvalue weighted by Gasteiger charge is -2.59. The average Bonchev–Trinajstić information content (AvgIpc) is 2.19. The summed E-state index contributed by atoms with van der Waals surface area (Å²) in [4.78, 5) is 13.9. The highest BCUT2D eigenvalue weighted by Gasteiger charge is 2.53. The molecule has 4 rings (SSSR count). The van der Waals surface area contributed by atoms with Crippen LogP contribution in [0.15, 0.2) is 0 Å². The molecular weight excluding hydrogens is 224 g/mol. The highest BCUT2D eigenvalue weighted by molar-refractivity contribution is 5.78. The van der Waals surface area contributed by atoms with Gasteiger partial charge in [-0.05, 0) is 69.4 Å². The second-order valence-electron chi connectivity index (χ2n) is 7.61. The van der Waals surface area contributed by atoms with E-state index in [1.165, 1.54) is 32.1 Å². The number of nitrogens with zero attached hydrogens (tertiary/aromatic N) is 1. The van der Waals surface area contributed by atoms with E-state index in [4.69, 9.17) is 0 Å². The first kappa shape index (κ1) is 12.5. The second kappa shape index (κ2) is 4.22. The zero-order valence-electron chi connectivity index (χ0n) is 11.9. The fourth-order valence-corrected chi connectivity index (χ4v) is 5.19. The van der Waals surface area contributed by atoms with E-state index < -0.39 is 0 Å². The molecule has 2 atom stereocenters. The minimum absolute atomic E-state index is 0. The van der Waals surface area contributed by atoms with Crippen molar-refractivity contribution in [1.29, 1.82) is 0 Å². The highest BCUT2D eigenvalue weighted by Crippen LogP contribution is 2.59. The molecule has 3 nitrogen and oxygen atoms in total. The van der Waals surface area contributed by atoms with Gasteiger partial charge in [0.2, 0.25) is 5.91 Å². The third kappa shape index (κ3) is 2.18. The number of carbonyl (C=O) groups is 1. The number of nitrogens with one attached hydrogen (secondary N) is 1. The predicted molar refractivity (Wildman–Crippen MR) is 74.3 cm³/mol. The number of likely N-dealkylation sites (N-methyl/N-ethyl adjacent to an activating group) is 1. The third-order valence-electron chi connectivity index (χ3n) is 5.37. The standard InChI is InChI=1S/C15H26N2O.H2/c1-15-6-10-4-11(7-15)14(12(5-10)8-15)16-13(18)9-17(2)3;/h10-12,14H,4-9H2,1-3H3,(H,16,18);1H/i;1+1. The summed E-state index contributed by atoms with van der Waals surface area (Å²) >= 11 is 0. The van der Waals surface area contributed by atoms with Crippen LogP contribution in [0.5, 0.6) is 0 Å². The number of hydrogen-bond acceptors (Lipinski definition) is 2. The van der Waals surface area contributed by atoms with Crippen molar-refractivity contribution in [2.45, 2.75) is 45.1 Å². The first-order chi connectivity index (χ1) is 8.45. The number of rotatable bonds is 3. The van der Waals surface area contributed by atoms with E-state index in [0.29, 0.717) is 18.0 Å². The minimum atomic E-state index is 0. The Morgan fingerprint density at radius 2 is 1.89 bits per heavy atom. The van der Waals surface area contributed by atoms with Crippen LogP contribution in [-0.2, 0) is 4.79 Å². The van der Waals surface area contributed by atoms with E-state index in [2.05, 4.69) is 12.2 Å². The van der Waals surface area contributed by atoms with Crippen molar-refractivity contribution in [3.8, 4) is 0 Å². The van der Waals surface area contributed by atoms with Gasteiger partial charge in [0.25, 0.3) is 0 Å². The maximum atomic E-state index is 12.0. The predicted octanol–water partition coefficient (Wildman–Crippen LogP) is 2.12. The van der Waals surface area contributed by atoms with Crippen LogP contribution in [0.4, 0.5) is 0 Å². The Labute approximate surface area is 112 Å². The van der Waals surface area contributed by atoms with E-state index >= 15 is 0 Å². The van der Waals surface area contributed by atoms with Gasteiger partial charge in [0.05, 0.1) is 6.54 Å². The molecule has 0 heterocycles. The Kier molecular flexibility index (Phi) is 2.92. The van der Waals surface area contributed by atoms with Crippen molar-refractivity contribution >= 4 is 5.91 Å². The van der Waals surface area contributed by atoms with Gasteiger partial charge in [-0.15, -0.1) is 0 Å². The van der Waals surface area contributed by atoms with Gasteiger partial charge in [0.15, 0.2) is 0 Å². The van der Waals surface area contributed by atoms with Crippen molar-refractivity contribution in [2.75, 3.05) is 20.6 Å². The summed E-state index contributed by atoms with van der Waals surface area (Å²) in [5.41, 5.74) is 0.597. The van der Waals surface area contributed by atoms with E-state index in [1.807, 2.05) is 19.0 Å². The summed E-state index contributed by atoms with van der Waals surface area (Å²) < 4.78 is 0. The van der Waals surface area contributed by atoms with Crippen LogP contribution in [0.1, 0.15) is 40.5 Å². The van der Waals surface area contributed by atoms with E-state index in [0.717, 1.165) is 17.8 Å². The van der Waals surface area contributed by atoms with E-state index in [9.17, 15) is 4.79 Å². The SMILES string of the molecule is CN(C)CC(=O)NC1C2CC3CC1CC(C)(C3)C2.[2HH]. The molecule has 4 saturated carbocycles. The molecule has 0 radical (unpaired) electrons. The molecule has 4 aliphatic carbocycles. The first-order valence-corrected chi connectivity index (χ1v) is 7.39. The van der Waals surface area contributed by atoms with Crippen molar-refractivity contribution < 1.29 is 6.22 Å². The van der Waals surface area contributed by atoms with Crippen molar-refractivity contribution in [2.24, 2.45) is 23.2 Å². The third-order valence-corrected chi connectivity index (χ3v) is 5.37. The summed E-state index contributed by atoms with van der Waals surface area (Å²) in [6.45, 7) is 2.99. The van der Waals surface area contributed by atoms with Gasteiger partial charge >= 0.3 is 0 Å². The lowest BCUT2D eigenvalue weighted by Crippen LogP contribution is -2.59. The minimum Gasteiger partial charge on any atom is -0.352 e. The lowest BCUT2D eigenvalue weighted by molar-refractivity contribution is -0.127. The Morgan fingerprint density at radius 1 is 1.28 bits per heavy atom. The molecule has 4 fully saturated rings. The van der Waals surface area contributed by atoms with Gasteiger partial charge in [-0.2, -0.15) is 0 Å².